The SMILES string of the molecule is CCOC(=O)c1cc(S(=O)(=O)N[C@@H](CC)c2cccs2)cn1C. The van der Waals surface area contributed by atoms with Crippen LogP contribution in [0.2, 0.25) is 0 Å². The van der Waals surface area contributed by atoms with Crippen LogP contribution in [-0.4, -0.2) is 25.6 Å². The number of carbonyl (C=O) groups is 1. The van der Waals surface area contributed by atoms with Crippen molar-refractivity contribution in [2.45, 2.75) is 31.2 Å². The molecule has 0 amide bonds. The zero-order chi connectivity index (χ0) is 17.0. The highest BCUT2D eigenvalue weighted by Crippen LogP contribution is 2.24. The van der Waals surface area contributed by atoms with Crippen molar-refractivity contribution in [3.63, 3.8) is 0 Å². The number of esters is 1. The molecule has 0 aromatic carbocycles. The first-order valence-electron chi connectivity index (χ1n) is 7.28. The van der Waals surface area contributed by atoms with Gasteiger partial charge in [0.15, 0.2) is 0 Å². The summed E-state index contributed by atoms with van der Waals surface area (Å²) in [4.78, 5) is 12.8. The van der Waals surface area contributed by atoms with Gasteiger partial charge in [0.05, 0.1) is 12.6 Å². The van der Waals surface area contributed by atoms with E-state index in [2.05, 4.69) is 4.72 Å². The predicted octanol–water partition coefficient (Wildman–Crippen LogP) is 2.69. The maximum Gasteiger partial charge on any atom is 0.354 e. The van der Waals surface area contributed by atoms with Crippen molar-refractivity contribution < 1.29 is 17.9 Å². The highest BCUT2D eigenvalue weighted by atomic mass is 32.2. The van der Waals surface area contributed by atoms with Gasteiger partial charge < -0.3 is 9.30 Å². The predicted molar refractivity (Wildman–Crippen MR) is 89.0 cm³/mol. The fourth-order valence-corrected chi connectivity index (χ4v) is 4.48. The molecule has 0 saturated heterocycles. The highest BCUT2D eigenvalue weighted by molar-refractivity contribution is 7.89. The van der Waals surface area contributed by atoms with Gasteiger partial charge in [0.2, 0.25) is 10.0 Å². The Morgan fingerprint density at radius 3 is 2.74 bits per heavy atom. The molecular formula is C15H20N2O4S2. The Balaban J connectivity index is 2.26. The molecule has 0 fully saturated rings. The topological polar surface area (TPSA) is 77.4 Å². The summed E-state index contributed by atoms with van der Waals surface area (Å²) >= 11 is 1.51. The van der Waals surface area contributed by atoms with Gasteiger partial charge in [0.1, 0.15) is 10.6 Å². The lowest BCUT2D eigenvalue weighted by Crippen LogP contribution is -2.27. The molecule has 0 aliphatic rings. The van der Waals surface area contributed by atoms with Crippen molar-refractivity contribution in [1.82, 2.24) is 9.29 Å². The number of rotatable bonds is 7. The van der Waals surface area contributed by atoms with Crippen LogP contribution in [0.4, 0.5) is 0 Å². The van der Waals surface area contributed by atoms with Crippen LogP contribution in [0, 0.1) is 0 Å². The first-order valence-corrected chi connectivity index (χ1v) is 9.64. The Kier molecular flexibility index (Phi) is 5.61. The van der Waals surface area contributed by atoms with Gasteiger partial charge in [-0.2, -0.15) is 0 Å². The third kappa shape index (κ3) is 4.01. The van der Waals surface area contributed by atoms with Crippen molar-refractivity contribution in [1.29, 1.82) is 0 Å². The standard InChI is InChI=1S/C15H20N2O4S2/c1-4-12(14-7-6-8-22-14)16-23(19,20)11-9-13(17(3)10-11)15(18)21-5-2/h6-10,12,16H,4-5H2,1-3H3/t12-/m0/s1. The molecule has 0 unspecified atom stereocenters. The first-order chi connectivity index (χ1) is 10.9. The van der Waals surface area contributed by atoms with Crippen LogP contribution < -0.4 is 4.72 Å². The fraction of sp³-hybridized carbons (Fsp3) is 0.400. The molecule has 8 heteroatoms. The van der Waals surface area contributed by atoms with E-state index in [-0.39, 0.29) is 23.2 Å². The maximum atomic E-state index is 12.6. The lowest BCUT2D eigenvalue weighted by atomic mass is 10.2. The van der Waals surface area contributed by atoms with E-state index in [4.69, 9.17) is 4.74 Å². The molecule has 6 nitrogen and oxygen atoms in total. The second-order valence-corrected chi connectivity index (χ2v) is 7.68. The molecule has 23 heavy (non-hydrogen) atoms. The molecule has 0 bridgehead atoms. The lowest BCUT2D eigenvalue weighted by molar-refractivity contribution is 0.0515. The summed E-state index contributed by atoms with van der Waals surface area (Å²) in [6.45, 7) is 3.86. The van der Waals surface area contributed by atoms with Crippen LogP contribution in [0.15, 0.2) is 34.7 Å². The molecule has 1 atom stereocenters. The third-order valence-electron chi connectivity index (χ3n) is 3.37. The van der Waals surface area contributed by atoms with Crippen molar-refractivity contribution in [2.24, 2.45) is 7.05 Å². The molecule has 2 rings (SSSR count). The van der Waals surface area contributed by atoms with Crippen LogP contribution in [0.5, 0.6) is 0 Å². The van der Waals surface area contributed by atoms with Crippen molar-refractivity contribution >= 4 is 27.3 Å². The molecule has 0 saturated carbocycles. The number of sulfonamides is 1. The number of aromatic nitrogens is 1. The smallest absolute Gasteiger partial charge is 0.354 e. The van der Waals surface area contributed by atoms with E-state index in [0.717, 1.165) is 4.88 Å². The van der Waals surface area contributed by atoms with Gasteiger partial charge in [-0.3, -0.25) is 0 Å². The maximum absolute atomic E-state index is 12.6. The molecule has 1 N–H and O–H groups in total. The van der Waals surface area contributed by atoms with Gasteiger partial charge >= 0.3 is 5.97 Å². The third-order valence-corrected chi connectivity index (χ3v) is 5.79. The highest BCUT2D eigenvalue weighted by Gasteiger charge is 2.24. The van der Waals surface area contributed by atoms with Crippen LogP contribution in [0.1, 0.15) is 41.7 Å². The Labute approximate surface area is 140 Å². The number of hydrogen-bond donors (Lipinski definition) is 1. The van der Waals surface area contributed by atoms with Crippen LogP contribution >= 0.6 is 11.3 Å². The van der Waals surface area contributed by atoms with E-state index in [1.54, 1.807) is 14.0 Å². The van der Waals surface area contributed by atoms with Crippen LogP contribution in [0.3, 0.4) is 0 Å². The summed E-state index contributed by atoms with van der Waals surface area (Å²) in [5, 5.41) is 1.91. The Morgan fingerprint density at radius 1 is 1.43 bits per heavy atom. The second-order valence-electron chi connectivity index (χ2n) is 4.99. The summed E-state index contributed by atoms with van der Waals surface area (Å²) in [7, 11) is -2.11. The number of hydrogen-bond acceptors (Lipinski definition) is 5. The van der Waals surface area contributed by atoms with Gasteiger partial charge in [0.25, 0.3) is 0 Å². The van der Waals surface area contributed by atoms with Gasteiger partial charge in [0, 0.05) is 18.1 Å². The molecule has 2 aromatic rings. The molecule has 0 spiro atoms. The van der Waals surface area contributed by atoms with Crippen molar-refractivity contribution in [2.75, 3.05) is 6.61 Å². The van der Waals surface area contributed by atoms with Gasteiger partial charge in [-0.1, -0.05) is 13.0 Å². The fourth-order valence-electron chi connectivity index (χ4n) is 2.18. The number of thiophene rings is 1. The Morgan fingerprint density at radius 2 is 2.17 bits per heavy atom. The van der Waals surface area contributed by atoms with Crippen LogP contribution in [-0.2, 0) is 21.8 Å². The normalized spacial score (nSPS) is 13.0. The quantitative estimate of drug-likeness (QED) is 0.774. The summed E-state index contributed by atoms with van der Waals surface area (Å²) in [6.07, 6.45) is 2.05. The average molecular weight is 356 g/mol. The molecule has 0 aliphatic carbocycles. The molecule has 0 radical (unpaired) electrons. The summed E-state index contributed by atoms with van der Waals surface area (Å²) < 4.78 is 34.2. The minimum absolute atomic E-state index is 0.0538. The zero-order valence-electron chi connectivity index (χ0n) is 13.3. The van der Waals surface area contributed by atoms with Gasteiger partial charge in [-0.05, 0) is 30.9 Å². The van der Waals surface area contributed by atoms with Gasteiger partial charge in [-0.15, -0.1) is 11.3 Å². The van der Waals surface area contributed by atoms with E-state index < -0.39 is 16.0 Å². The largest absolute Gasteiger partial charge is 0.461 e. The van der Waals surface area contributed by atoms with E-state index in [0.29, 0.717) is 6.42 Å². The van der Waals surface area contributed by atoms with E-state index >= 15 is 0 Å². The number of ether oxygens (including phenoxy) is 1. The summed E-state index contributed by atoms with van der Waals surface area (Å²) in [5.41, 5.74) is 0.205. The minimum Gasteiger partial charge on any atom is -0.461 e. The van der Waals surface area contributed by atoms with Gasteiger partial charge in [-0.25, -0.2) is 17.9 Å². The molecule has 126 valence electrons. The number of nitrogens with one attached hydrogen (secondary N) is 1. The van der Waals surface area contributed by atoms with Crippen molar-refractivity contribution in [3.05, 3.63) is 40.3 Å². The second kappa shape index (κ2) is 7.29. The zero-order valence-corrected chi connectivity index (χ0v) is 14.9. The lowest BCUT2D eigenvalue weighted by Gasteiger charge is -2.14. The number of carbonyl (C=O) groups excluding carboxylic acids is 1. The van der Waals surface area contributed by atoms with E-state index in [1.165, 1.54) is 28.2 Å². The summed E-state index contributed by atoms with van der Waals surface area (Å²) in [6, 6.07) is 4.84. The number of aryl methyl sites for hydroxylation is 1. The monoisotopic (exact) mass is 356 g/mol. The average Bonchev–Trinajstić information content (AvgIpc) is 3.14. The molecular weight excluding hydrogens is 336 g/mol. The Bertz CT molecular complexity index is 764. The minimum atomic E-state index is -3.72. The Hall–Kier alpha value is -1.64. The first kappa shape index (κ1) is 17.7. The van der Waals surface area contributed by atoms with Crippen LogP contribution in [0.25, 0.3) is 0 Å². The van der Waals surface area contributed by atoms with Crippen molar-refractivity contribution in [3.8, 4) is 0 Å². The molecule has 2 aromatic heterocycles. The van der Waals surface area contributed by atoms with E-state index in [9.17, 15) is 13.2 Å². The molecule has 2 heterocycles. The summed E-state index contributed by atoms with van der Waals surface area (Å²) in [5.74, 6) is -0.540. The van der Waals surface area contributed by atoms with E-state index in [1.807, 2.05) is 24.4 Å². The molecule has 0 aliphatic heterocycles. The number of nitrogens with zero attached hydrogens (tertiary/aromatic N) is 1.